The van der Waals surface area contributed by atoms with E-state index in [1.165, 1.54) is 24.1 Å². The van der Waals surface area contributed by atoms with Gasteiger partial charge in [-0.1, -0.05) is 18.2 Å². The van der Waals surface area contributed by atoms with Gasteiger partial charge in [0.15, 0.2) is 0 Å². The average molecular weight is 288 g/mol. The molecule has 1 aromatic carbocycles. The van der Waals surface area contributed by atoms with Gasteiger partial charge in [0.05, 0.1) is 17.1 Å². The van der Waals surface area contributed by atoms with Gasteiger partial charge in [-0.05, 0) is 29.1 Å². The summed E-state index contributed by atoms with van der Waals surface area (Å²) in [4.78, 5) is 12.6. The van der Waals surface area contributed by atoms with Gasteiger partial charge >= 0.3 is 0 Å². The largest absolute Gasteiger partial charge is 0.273 e. The van der Waals surface area contributed by atoms with Gasteiger partial charge in [0.1, 0.15) is 5.82 Å². The fraction of sp³-hybridized carbons (Fsp3) is 0.200. The number of amides is 1. The SMILES string of the molecule is CC(=O)N1C[C@@H](c2ccc(F)cc2)C(c2cccs2)=N1. The van der Waals surface area contributed by atoms with Gasteiger partial charge in [0, 0.05) is 12.8 Å². The van der Waals surface area contributed by atoms with E-state index in [4.69, 9.17) is 0 Å². The summed E-state index contributed by atoms with van der Waals surface area (Å²) in [6.07, 6.45) is 0. The highest BCUT2D eigenvalue weighted by Crippen LogP contribution is 2.30. The molecule has 0 N–H and O–H groups in total. The molecule has 3 rings (SSSR count). The minimum atomic E-state index is -0.259. The predicted octanol–water partition coefficient (Wildman–Crippen LogP) is 3.24. The van der Waals surface area contributed by atoms with Crippen LogP contribution in [0, 0.1) is 5.82 Å². The van der Waals surface area contributed by atoms with Gasteiger partial charge in [0.2, 0.25) is 5.91 Å². The Morgan fingerprint density at radius 1 is 1.35 bits per heavy atom. The Hall–Kier alpha value is -2.01. The molecule has 0 spiro atoms. The van der Waals surface area contributed by atoms with Crippen LogP contribution in [0.4, 0.5) is 4.39 Å². The van der Waals surface area contributed by atoms with E-state index < -0.39 is 0 Å². The molecule has 3 nitrogen and oxygen atoms in total. The second-order valence-corrected chi connectivity index (χ2v) is 5.62. The molecule has 2 aromatic rings. The van der Waals surface area contributed by atoms with E-state index in [0.717, 1.165) is 16.2 Å². The zero-order valence-corrected chi connectivity index (χ0v) is 11.7. The quantitative estimate of drug-likeness (QED) is 0.835. The second-order valence-electron chi connectivity index (χ2n) is 4.67. The number of hydrazone groups is 1. The molecule has 0 unspecified atom stereocenters. The first kappa shape index (κ1) is 13.0. The average Bonchev–Trinajstić information content (AvgIpc) is 3.08. The van der Waals surface area contributed by atoms with Crippen LogP contribution in [0.5, 0.6) is 0 Å². The van der Waals surface area contributed by atoms with Crippen molar-refractivity contribution in [2.24, 2.45) is 5.10 Å². The maximum absolute atomic E-state index is 13.1. The Bertz CT molecular complexity index is 649. The Balaban J connectivity index is 1.99. The first-order valence-electron chi connectivity index (χ1n) is 6.31. The molecule has 1 aliphatic rings. The second kappa shape index (κ2) is 5.17. The van der Waals surface area contributed by atoms with Gasteiger partial charge in [-0.15, -0.1) is 11.3 Å². The van der Waals surface area contributed by atoms with Crippen LogP contribution in [0.3, 0.4) is 0 Å². The van der Waals surface area contributed by atoms with Crippen molar-refractivity contribution < 1.29 is 9.18 Å². The molecule has 1 atom stereocenters. The fourth-order valence-electron chi connectivity index (χ4n) is 2.30. The van der Waals surface area contributed by atoms with Crippen molar-refractivity contribution in [1.29, 1.82) is 0 Å². The van der Waals surface area contributed by atoms with Gasteiger partial charge in [0.25, 0.3) is 0 Å². The monoisotopic (exact) mass is 288 g/mol. The molecule has 20 heavy (non-hydrogen) atoms. The summed E-state index contributed by atoms with van der Waals surface area (Å²) in [6.45, 7) is 2.01. The molecule has 2 heterocycles. The van der Waals surface area contributed by atoms with Crippen molar-refractivity contribution in [3.8, 4) is 0 Å². The van der Waals surface area contributed by atoms with Crippen molar-refractivity contribution >= 4 is 23.0 Å². The van der Waals surface area contributed by atoms with E-state index in [0.29, 0.717) is 6.54 Å². The van der Waals surface area contributed by atoms with Crippen LogP contribution >= 0.6 is 11.3 Å². The minimum absolute atomic E-state index is 0.00171. The summed E-state index contributed by atoms with van der Waals surface area (Å²) in [5, 5.41) is 7.88. The third-order valence-corrected chi connectivity index (χ3v) is 4.22. The maximum atomic E-state index is 13.1. The van der Waals surface area contributed by atoms with Crippen LogP contribution in [0.25, 0.3) is 0 Å². The lowest BCUT2D eigenvalue weighted by molar-refractivity contribution is -0.128. The molecule has 1 aliphatic heterocycles. The molecule has 1 aromatic heterocycles. The minimum Gasteiger partial charge on any atom is -0.273 e. The highest BCUT2D eigenvalue weighted by Gasteiger charge is 2.31. The summed E-state index contributed by atoms with van der Waals surface area (Å²) in [5.41, 5.74) is 1.85. The van der Waals surface area contributed by atoms with Crippen molar-refractivity contribution in [2.75, 3.05) is 6.54 Å². The molecular weight excluding hydrogens is 275 g/mol. The fourth-order valence-corrected chi connectivity index (χ4v) is 3.07. The smallest absolute Gasteiger partial charge is 0.239 e. The molecular formula is C15H13FN2OS. The number of hydrogen-bond acceptors (Lipinski definition) is 3. The van der Waals surface area contributed by atoms with Crippen LogP contribution in [-0.4, -0.2) is 23.2 Å². The zero-order chi connectivity index (χ0) is 14.1. The molecule has 0 fully saturated rings. The molecule has 0 saturated heterocycles. The summed E-state index contributed by atoms with van der Waals surface area (Å²) in [7, 11) is 0. The van der Waals surface area contributed by atoms with Gasteiger partial charge < -0.3 is 0 Å². The number of thiophene rings is 1. The number of rotatable bonds is 2. The topological polar surface area (TPSA) is 32.7 Å². The Morgan fingerprint density at radius 2 is 2.10 bits per heavy atom. The summed E-state index contributed by atoms with van der Waals surface area (Å²) in [5.74, 6) is -0.341. The third kappa shape index (κ3) is 2.36. The molecule has 5 heteroatoms. The van der Waals surface area contributed by atoms with Crippen LogP contribution in [0.15, 0.2) is 46.9 Å². The van der Waals surface area contributed by atoms with E-state index >= 15 is 0 Å². The van der Waals surface area contributed by atoms with E-state index in [9.17, 15) is 9.18 Å². The van der Waals surface area contributed by atoms with E-state index in [2.05, 4.69) is 5.10 Å². The van der Waals surface area contributed by atoms with Crippen molar-refractivity contribution in [3.63, 3.8) is 0 Å². The normalized spacial score (nSPS) is 18.2. The first-order valence-corrected chi connectivity index (χ1v) is 7.19. The number of carbonyl (C=O) groups excluding carboxylic acids is 1. The lowest BCUT2D eigenvalue weighted by atomic mass is 9.94. The molecule has 0 aliphatic carbocycles. The maximum Gasteiger partial charge on any atom is 0.239 e. The molecule has 0 bridgehead atoms. The van der Waals surface area contributed by atoms with E-state index in [-0.39, 0.29) is 17.6 Å². The highest BCUT2D eigenvalue weighted by molar-refractivity contribution is 7.12. The molecule has 102 valence electrons. The van der Waals surface area contributed by atoms with Gasteiger partial charge in [-0.3, -0.25) is 4.79 Å². The molecule has 0 radical (unpaired) electrons. The van der Waals surface area contributed by atoms with Gasteiger partial charge in [-0.25, -0.2) is 9.40 Å². The van der Waals surface area contributed by atoms with E-state index in [1.807, 2.05) is 17.5 Å². The Labute approximate surface area is 120 Å². The van der Waals surface area contributed by atoms with Crippen molar-refractivity contribution in [1.82, 2.24) is 5.01 Å². The first-order chi connectivity index (χ1) is 9.65. The summed E-state index contributed by atoms with van der Waals surface area (Å²) in [6, 6.07) is 10.3. The summed E-state index contributed by atoms with van der Waals surface area (Å²) < 4.78 is 13.1. The zero-order valence-electron chi connectivity index (χ0n) is 10.9. The van der Waals surface area contributed by atoms with Crippen LogP contribution in [-0.2, 0) is 4.79 Å². The standard InChI is InChI=1S/C15H13FN2OS/c1-10(19)18-9-13(11-4-6-12(16)7-5-11)15(17-18)14-3-2-8-20-14/h2-8,13H,9H2,1H3/t13-/m0/s1. The number of benzene rings is 1. The Kier molecular flexibility index (Phi) is 3.36. The van der Waals surface area contributed by atoms with Crippen LogP contribution in [0.1, 0.15) is 23.3 Å². The number of carbonyl (C=O) groups is 1. The number of nitrogens with zero attached hydrogens (tertiary/aromatic N) is 2. The number of halogens is 1. The lowest BCUT2D eigenvalue weighted by Crippen LogP contribution is -2.22. The highest BCUT2D eigenvalue weighted by atomic mass is 32.1. The summed E-state index contributed by atoms with van der Waals surface area (Å²) >= 11 is 1.59. The van der Waals surface area contributed by atoms with Gasteiger partial charge in [-0.2, -0.15) is 5.10 Å². The molecule has 1 amide bonds. The predicted molar refractivity (Wildman–Crippen MR) is 77.4 cm³/mol. The lowest BCUT2D eigenvalue weighted by Gasteiger charge is -2.13. The van der Waals surface area contributed by atoms with E-state index in [1.54, 1.807) is 23.5 Å². The molecule has 0 saturated carbocycles. The van der Waals surface area contributed by atoms with Crippen molar-refractivity contribution in [3.05, 3.63) is 58.0 Å². The van der Waals surface area contributed by atoms with Crippen LogP contribution < -0.4 is 0 Å². The van der Waals surface area contributed by atoms with Crippen LogP contribution in [0.2, 0.25) is 0 Å². The Morgan fingerprint density at radius 3 is 2.70 bits per heavy atom. The number of hydrogen-bond donors (Lipinski definition) is 0. The van der Waals surface area contributed by atoms with Crippen molar-refractivity contribution in [2.45, 2.75) is 12.8 Å². The third-order valence-electron chi connectivity index (χ3n) is 3.32.